The van der Waals surface area contributed by atoms with Crippen molar-refractivity contribution in [2.45, 2.75) is 20.0 Å². The average molecular weight is 316 g/mol. The molecule has 2 aromatic rings. The lowest BCUT2D eigenvalue weighted by molar-refractivity contribution is 0.109. The van der Waals surface area contributed by atoms with Crippen molar-refractivity contribution >= 4 is 11.5 Å². The van der Waals surface area contributed by atoms with Crippen LogP contribution in [0.5, 0.6) is 0 Å². The van der Waals surface area contributed by atoms with Crippen LogP contribution in [0.2, 0.25) is 0 Å². The minimum Gasteiger partial charge on any atom is -0.376 e. The van der Waals surface area contributed by atoms with Crippen molar-refractivity contribution in [2.24, 2.45) is 11.8 Å². The van der Waals surface area contributed by atoms with Crippen molar-refractivity contribution in [3.63, 3.8) is 0 Å². The summed E-state index contributed by atoms with van der Waals surface area (Å²) in [5, 5.41) is 12.5. The van der Waals surface area contributed by atoms with Gasteiger partial charge in [-0.1, -0.05) is 13.8 Å². The fourth-order valence-corrected chi connectivity index (χ4v) is 3.87. The molecular weight excluding hydrogens is 292 g/mol. The predicted octanol–water partition coefficient (Wildman–Crippen LogP) is 0.917. The van der Waals surface area contributed by atoms with E-state index in [0.717, 1.165) is 50.8 Å². The minimum atomic E-state index is 0.342. The highest BCUT2D eigenvalue weighted by molar-refractivity contribution is 5.46. The molecule has 0 radical (unpaired) electrons. The van der Waals surface area contributed by atoms with Crippen LogP contribution < -0.4 is 4.90 Å². The molecule has 3 atom stereocenters. The van der Waals surface area contributed by atoms with E-state index in [1.165, 1.54) is 0 Å². The van der Waals surface area contributed by atoms with Crippen molar-refractivity contribution < 1.29 is 4.74 Å². The molecule has 4 rings (SSSR count). The zero-order valence-electron chi connectivity index (χ0n) is 13.8. The molecular formula is C16H24N6O. The van der Waals surface area contributed by atoms with Gasteiger partial charge < -0.3 is 14.5 Å². The van der Waals surface area contributed by atoms with Crippen molar-refractivity contribution in [3.05, 3.63) is 18.5 Å². The molecule has 2 aromatic heterocycles. The molecule has 23 heavy (non-hydrogen) atoms. The molecule has 2 aliphatic rings. The molecule has 2 saturated heterocycles. The van der Waals surface area contributed by atoms with Crippen LogP contribution in [0.15, 0.2) is 18.5 Å². The minimum absolute atomic E-state index is 0.342. The number of hydrogen-bond acceptors (Lipinski definition) is 6. The van der Waals surface area contributed by atoms with E-state index in [0.29, 0.717) is 17.9 Å². The summed E-state index contributed by atoms with van der Waals surface area (Å²) in [4.78, 5) is 4.84. The van der Waals surface area contributed by atoms with Gasteiger partial charge in [0.2, 0.25) is 0 Å². The van der Waals surface area contributed by atoms with Crippen molar-refractivity contribution in [1.82, 2.24) is 24.7 Å². The fourth-order valence-electron chi connectivity index (χ4n) is 3.87. The SMILES string of the molecule is CCN(CC)C[C@@H]1CO[C@H]2CN(c3ccc4nncn4n3)C[C@@H]12. The first kappa shape index (κ1) is 14.8. The highest BCUT2D eigenvalue weighted by atomic mass is 16.5. The van der Waals surface area contributed by atoms with Crippen LogP contribution >= 0.6 is 0 Å². The summed E-state index contributed by atoms with van der Waals surface area (Å²) in [6, 6.07) is 4.00. The van der Waals surface area contributed by atoms with Crippen molar-refractivity contribution in [1.29, 1.82) is 0 Å². The first-order valence-electron chi connectivity index (χ1n) is 8.54. The molecule has 0 saturated carbocycles. The lowest BCUT2D eigenvalue weighted by Gasteiger charge is -2.25. The summed E-state index contributed by atoms with van der Waals surface area (Å²) in [6.45, 7) is 10.7. The molecule has 0 spiro atoms. The Morgan fingerprint density at radius 2 is 2.13 bits per heavy atom. The van der Waals surface area contributed by atoms with Crippen molar-refractivity contribution in [2.75, 3.05) is 44.2 Å². The molecule has 0 amide bonds. The van der Waals surface area contributed by atoms with E-state index in [9.17, 15) is 0 Å². The van der Waals surface area contributed by atoms with Crippen LogP contribution in [0.25, 0.3) is 5.65 Å². The molecule has 7 nitrogen and oxygen atoms in total. The Hall–Kier alpha value is -1.73. The van der Waals surface area contributed by atoms with Crippen LogP contribution in [-0.2, 0) is 4.74 Å². The van der Waals surface area contributed by atoms with Gasteiger partial charge in [0.05, 0.1) is 12.7 Å². The smallest absolute Gasteiger partial charge is 0.177 e. The zero-order chi connectivity index (χ0) is 15.8. The van der Waals surface area contributed by atoms with Crippen LogP contribution in [-0.4, -0.2) is 70.1 Å². The third-order valence-corrected chi connectivity index (χ3v) is 5.30. The zero-order valence-corrected chi connectivity index (χ0v) is 13.8. The lowest BCUT2D eigenvalue weighted by Crippen LogP contribution is -2.34. The van der Waals surface area contributed by atoms with Crippen LogP contribution in [0.4, 0.5) is 5.82 Å². The Morgan fingerprint density at radius 1 is 1.26 bits per heavy atom. The number of ether oxygens (including phenoxy) is 1. The molecule has 4 heterocycles. The number of fused-ring (bicyclic) bond motifs is 2. The summed E-state index contributed by atoms with van der Waals surface area (Å²) >= 11 is 0. The maximum atomic E-state index is 6.08. The van der Waals surface area contributed by atoms with Gasteiger partial charge in [-0.05, 0) is 25.2 Å². The summed E-state index contributed by atoms with van der Waals surface area (Å²) in [7, 11) is 0. The molecule has 0 N–H and O–H groups in total. The third kappa shape index (κ3) is 2.68. The van der Waals surface area contributed by atoms with Crippen LogP contribution in [0.3, 0.4) is 0 Å². The highest BCUT2D eigenvalue weighted by Gasteiger charge is 2.44. The van der Waals surface area contributed by atoms with E-state index in [1.807, 2.05) is 12.1 Å². The molecule has 0 aromatic carbocycles. The van der Waals surface area contributed by atoms with Crippen LogP contribution in [0, 0.1) is 11.8 Å². The number of anilines is 1. The largest absolute Gasteiger partial charge is 0.376 e. The second-order valence-electron chi connectivity index (χ2n) is 6.51. The summed E-state index contributed by atoms with van der Waals surface area (Å²) < 4.78 is 7.81. The Bertz CT molecular complexity index is 669. The third-order valence-electron chi connectivity index (χ3n) is 5.30. The quantitative estimate of drug-likeness (QED) is 0.817. The van der Waals surface area contributed by atoms with Gasteiger partial charge in [-0.3, -0.25) is 0 Å². The molecule has 2 aliphatic heterocycles. The normalized spacial score (nSPS) is 27.3. The molecule has 0 unspecified atom stereocenters. The topological polar surface area (TPSA) is 58.8 Å². The van der Waals surface area contributed by atoms with Gasteiger partial charge in [0.1, 0.15) is 12.1 Å². The predicted molar refractivity (Wildman–Crippen MR) is 87.5 cm³/mol. The Kier molecular flexibility index (Phi) is 3.90. The van der Waals surface area contributed by atoms with E-state index in [2.05, 4.69) is 38.9 Å². The first-order valence-corrected chi connectivity index (χ1v) is 8.54. The molecule has 0 bridgehead atoms. The Morgan fingerprint density at radius 3 is 2.96 bits per heavy atom. The standard InChI is InChI=1S/C16H24N6O/c1-3-20(4-2)7-12-10-23-14-9-21(8-13(12)14)16-6-5-15-18-17-11-22(15)19-16/h5-6,11-14H,3-4,7-10H2,1-2H3/t12-,13+,14+/m1/s1. The highest BCUT2D eigenvalue weighted by Crippen LogP contribution is 2.35. The second kappa shape index (κ2) is 6.05. The van der Waals surface area contributed by atoms with Gasteiger partial charge in [-0.2, -0.15) is 4.52 Å². The maximum Gasteiger partial charge on any atom is 0.177 e. The second-order valence-corrected chi connectivity index (χ2v) is 6.51. The molecule has 7 heteroatoms. The molecule has 0 aliphatic carbocycles. The monoisotopic (exact) mass is 316 g/mol. The number of aromatic nitrogens is 4. The van der Waals surface area contributed by atoms with E-state index < -0.39 is 0 Å². The number of rotatable bonds is 5. The Balaban J connectivity index is 1.47. The summed E-state index contributed by atoms with van der Waals surface area (Å²) in [5.74, 6) is 2.22. The van der Waals surface area contributed by atoms with Crippen LogP contribution in [0.1, 0.15) is 13.8 Å². The maximum absolute atomic E-state index is 6.08. The van der Waals surface area contributed by atoms with Gasteiger partial charge in [0, 0.05) is 31.5 Å². The van der Waals surface area contributed by atoms with Gasteiger partial charge in [-0.15, -0.1) is 15.3 Å². The number of nitrogens with zero attached hydrogens (tertiary/aromatic N) is 6. The van der Waals surface area contributed by atoms with Gasteiger partial charge in [0.15, 0.2) is 5.65 Å². The van der Waals surface area contributed by atoms with Crippen molar-refractivity contribution in [3.8, 4) is 0 Å². The Labute approximate surface area is 136 Å². The van der Waals surface area contributed by atoms with E-state index in [-0.39, 0.29) is 0 Å². The van der Waals surface area contributed by atoms with E-state index in [4.69, 9.17) is 4.74 Å². The first-order chi connectivity index (χ1) is 11.3. The summed E-state index contributed by atoms with van der Waals surface area (Å²) in [6.07, 6.45) is 1.99. The molecule has 2 fully saturated rings. The van der Waals surface area contributed by atoms with E-state index >= 15 is 0 Å². The number of hydrogen-bond donors (Lipinski definition) is 0. The average Bonchev–Trinajstić information content (AvgIpc) is 3.27. The van der Waals surface area contributed by atoms with Gasteiger partial charge >= 0.3 is 0 Å². The molecule has 124 valence electrons. The van der Waals surface area contributed by atoms with E-state index in [1.54, 1.807) is 10.8 Å². The fraction of sp³-hybridized carbons (Fsp3) is 0.688. The van der Waals surface area contributed by atoms with Gasteiger partial charge in [0.25, 0.3) is 0 Å². The lowest BCUT2D eigenvalue weighted by atomic mass is 9.92. The summed E-state index contributed by atoms with van der Waals surface area (Å²) in [5.41, 5.74) is 0.781. The van der Waals surface area contributed by atoms with Gasteiger partial charge in [-0.25, -0.2) is 0 Å².